The molecule has 1 saturated heterocycles. The van der Waals surface area contributed by atoms with Crippen LogP contribution in [-0.4, -0.2) is 30.9 Å². The molecule has 0 saturated carbocycles. The molecule has 1 spiro atoms. The highest BCUT2D eigenvalue weighted by molar-refractivity contribution is 6.06. The van der Waals surface area contributed by atoms with Gasteiger partial charge in [0.1, 0.15) is 0 Å². The van der Waals surface area contributed by atoms with Gasteiger partial charge in [-0.2, -0.15) is 13.2 Å². The highest BCUT2D eigenvalue weighted by atomic mass is 19.4. The summed E-state index contributed by atoms with van der Waals surface area (Å²) in [5.41, 5.74) is -0.452. The standard InChI is InChI=1S/C14H15F3N2O/c1-19-6-4-13(5-7-19)10-8-9(14(15,16)17)2-3-11(10)18-12(13)20/h2-3,8H,4-7H2,1H3,(H,18,20). The van der Waals surface area contributed by atoms with Crippen molar-refractivity contribution in [1.82, 2.24) is 4.90 Å². The Morgan fingerprint density at radius 1 is 1.25 bits per heavy atom. The van der Waals surface area contributed by atoms with Crippen molar-refractivity contribution in [3.05, 3.63) is 29.3 Å². The number of amides is 1. The first-order valence-corrected chi connectivity index (χ1v) is 6.55. The molecule has 3 nitrogen and oxygen atoms in total. The fourth-order valence-corrected chi connectivity index (χ4v) is 3.09. The fraction of sp³-hybridized carbons (Fsp3) is 0.500. The molecule has 0 radical (unpaired) electrons. The zero-order valence-corrected chi connectivity index (χ0v) is 11.0. The number of anilines is 1. The van der Waals surface area contributed by atoms with Crippen LogP contribution in [0.2, 0.25) is 0 Å². The third kappa shape index (κ3) is 1.90. The number of nitrogens with one attached hydrogen (secondary N) is 1. The average molecular weight is 284 g/mol. The molecule has 1 N–H and O–H groups in total. The van der Waals surface area contributed by atoms with Gasteiger partial charge >= 0.3 is 6.18 Å². The summed E-state index contributed by atoms with van der Waals surface area (Å²) < 4.78 is 38.6. The van der Waals surface area contributed by atoms with Crippen molar-refractivity contribution < 1.29 is 18.0 Å². The predicted molar refractivity (Wildman–Crippen MR) is 68.5 cm³/mol. The SMILES string of the molecule is CN1CCC2(CC1)C(=O)Nc1ccc(C(F)(F)F)cc12. The van der Waals surface area contributed by atoms with Crippen molar-refractivity contribution in [1.29, 1.82) is 0 Å². The number of benzene rings is 1. The van der Waals surface area contributed by atoms with Crippen LogP contribution >= 0.6 is 0 Å². The zero-order valence-electron chi connectivity index (χ0n) is 11.0. The second kappa shape index (κ2) is 4.22. The molecule has 0 unspecified atom stereocenters. The minimum absolute atomic E-state index is 0.167. The van der Waals surface area contributed by atoms with Gasteiger partial charge in [0, 0.05) is 5.69 Å². The fourth-order valence-electron chi connectivity index (χ4n) is 3.09. The molecule has 3 rings (SSSR count). The van der Waals surface area contributed by atoms with Crippen LogP contribution in [0.3, 0.4) is 0 Å². The van der Waals surface area contributed by atoms with Gasteiger partial charge in [-0.1, -0.05) is 0 Å². The van der Waals surface area contributed by atoms with Crippen LogP contribution in [0.5, 0.6) is 0 Å². The lowest BCUT2D eigenvalue weighted by Crippen LogP contribution is -2.45. The number of hydrogen-bond acceptors (Lipinski definition) is 2. The molecular formula is C14H15F3N2O. The smallest absolute Gasteiger partial charge is 0.325 e. The van der Waals surface area contributed by atoms with Gasteiger partial charge in [0.05, 0.1) is 11.0 Å². The average Bonchev–Trinajstić information content (AvgIpc) is 2.64. The topological polar surface area (TPSA) is 32.3 Å². The quantitative estimate of drug-likeness (QED) is 0.794. The molecule has 0 bridgehead atoms. The molecular weight excluding hydrogens is 269 g/mol. The molecule has 1 fully saturated rings. The van der Waals surface area contributed by atoms with E-state index in [1.165, 1.54) is 6.07 Å². The van der Waals surface area contributed by atoms with E-state index < -0.39 is 17.2 Å². The summed E-state index contributed by atoms with van der Waals surface area (Å²) in [5, 5.41) is 2.73. The first kappa shape index (κ1) is 13.4. The van der Waals surface area contributed by atoms with Crippen LogP contribution in [0, 0.1) is 0 Å². The summed E-state index contributed by atoms with van der Waals surface area (Å²) in [6.45, 7) is 1.42. The van der Waals surface area contributed by atoms with Gasteiger partial charge in [-0.15, -0.1) is 0 Å². The number of likely N-dealkylation sites (tertiary alicyclic amines) is 1. The molecule has 2 aliphatic heterocycles. The van der Waals surface area contributed by atoms with Gasteiger partial charge in [-0.05, 0) is 56.7 Å². The maximum atomic E-state index is 12.9. The Balaban J connectivity index is 2.06. The largest absolute Gasteiger partial charge is 0.416 e. The van der Waals surface area contributed by atoms with E-state index in [2.05, 4.69) is 10.2 Å². The van der Waals surface area contributed by atoms with Crippen molar-refractivity contribution >= 4 is 11.6 Å². The second-order valence-corrected chi connectivity index (χ2v) is 5.60. The highest BCUT2D eigenvalue weighted by Gasteiger charge is 2.48. The van der Waals surface area contributed by atoms with Crippen molar-refractivity contribution in [2.75, 3.05) is 25.5 Å². The van der Waals surface area contributed by atoms with E-state index in [-0.39, 0.29) is 5.91 Å². The van der Waals surface area contributed by atoms with Gasteiger partial charge in [-0.3, -0.25) is 4.79 Å². The van der Waals surface area contributed by atoms with E-state index in [4.69, 9.17) is 0 Å². The molecule has 0 aliphatic carbocycles. The van der Waals surface area contributed by atoms with Gasteiger partial charge in [0.2, 0.25) is 5.91 Å². The van der Waals surface area contributed by atoms with Gasteiger partial charge < -0.3 is 10.2 Å². The third-order valence-electron chi connectivity index (χ3n) is 4.39. The molecule has 6 heteroatoms. The molecule has 1 aromatic carbocycles. The number of piperidine rings is 1. The van der Waals surface area contributed by atoms with Gasteiger partial charge in [0.25, 0.3) is 0 Å². The van der Waals surface area contributed by atoms with Crippen LogP contribution in [0.15, 0.2) is 18.2 Å². The van der Waals surface area contributed by atoms with Crippen molar-refractivity contribution in [3.63, 3.8) is 0 Å². The van der Waals surface area contributed by atoms with Crippen molar-refractivity contribution in [3.8, 4) is 0 Å². The monoisotopic (exact) mass is 284 g/mol. The second-order valence-electron chi connectivity index (χ2n) is 5.60. The minimum Gasteiger partial charge on any atom is -0.325 e. The molecule has 108 valence electrons. The number of nitrogens with zero attached hydrogens (tertiary/aromatic N) is 1. The number of alkyl halides is 3. The number of halogens is 3. The number of rotatable bonds is 0. The molecule has 0 atom stereocenters. The first-order chi connectivity index (χ1) is 9.33. The lowest BCUT2D eigenvalue weighted by atomic mass is 9.73. The summed E-state index contributed by atoms with van der Waals surface area (Å²) in [4.78, 5) is 14.4. The Hall–Kier alpha value is -1.56. The Labute approximate surface area is 114 Å². The van der Waals surface area contributed by atoms with Crippen LogP contribution in [0.4, 0.5) is 18.9 Å². The Kier molecular flexibility index (Phi) is 2.83. The summed E-state index contributed by atoms with van der Waals surface area (Å²) in [6.07, 6.45) is -3.26. The summed E-state index contributed by atoms with van der Waals surface area (Å²) in [5.74, 6) is -0.167. The van der Waals surface area contributed by atoms with Crippen LogP contribution in [0.1, 0.15) is 24.0 Å². The lowest BCUT2D eigenvalue weighted by Gasteiger charge is -2.36. The van der Waals surface area contributed by atoms with Crippen LogP contribution in [0.25, 0.3) is 0 Å². The molecule has 1 amide bonds. The van der Waals surface area contributed by atoms with Gasteiger partial charge in [0.15, 0.2) is 0 Å². The predicted octanol–water partition coefficient (Wildman–Crippen LogP) is 2.62. The van der Waals surface area contributed by atoms with E-state index in [0.29, 0.717) is 37.2 Å². The van der Waals surface area contributed by atoms with E-state index in [1.807, 2.05) is 7.05 Å². The molecule has 2 heterocycles. The number of fused-ring (bicyclic) bond motifs is 2. The summed E-state index contributed by atoms with van der Waals surface area (Å²) in [7, 11) is 1.95. The third-order valence-corrected chi connectivity index (χ3v) is 4.39. The number of carbonyl (C=O) groups is 1. The lowest BCUT2D eigenvalue weighted by molar-refractivity contribution is -0.137. The van der Waals surface area contributed by atoms with Crippen LogP contribution < -0.4 is 5.32 Å². The van der Waals surface area contributed by atoms with Crippen molar-refractivity contribution in [2.24, 2.45) is 0 Å². The minimum atomic E-state index is -4.38. The molecule has 2 aliphatic rings. The van der Waals surface area contributed by atoms with Crippen LogP contribution in [-0.2, 0) is 16.4 Å². The van der Waals surface area contributed by atoms with E-state index in [9.17, 15) is 18.0 Å². The zero-order chi connectivity index (χ0) is 14.5. The maximum absolute atomic E-state index is 12.9. The number of carbonyl (C=O) groups excluding carboxylic acids is 1. The highest BCUT2D eigenvalue weighted by Crippen LogP contribution is 2.46. The summed E-state index contributed by atoms with van der Waals surface area (Å²) in [6, 6.07) is 3.52. The van der Waals surface area contributed by atoms with E-state index in [0.717, 1.165) is 12.1 Å². The van der Waals surface area contributed by atoms with E-state index in [1.54, 1.807) is 0 Å². The first-order valence-electron chi connectivity index (χ1n) is 6.55. The number of hydrogen-bond donors (Lipinski definition) is 1. The molecule has 1 aromatic rings. The molecule has 20 heavy (non-hydrogen) atoms. The Bertz CT molecular complexity index is 560. The van der Waals surface area contributed by atoms with E-state index >= 15 is 0 Å². The normalized spacial score (nSPS) is 21.9. The Morgan fingerprint density at radius 2 is 1.90 bits per heavy atom. The van der Waals surface area contributed by atoms with Gasteiger partial charge in [-0.25, -0.2) is 0 Å². The molecule has 0 aromatic heterocycles. The van der Waals surface area contributed by atoms with Crippen molar-refractivity contribution in [2.45, 2.75) is 24.4 Å². The summed E-state index contributed by atoms with van der Waals surface area (Å²) >= 11 is 0. The Morgan fingerprint density at radius 3 is 2.50 bits per heavy atom. The maximum Gasteiger partial charge on any atom is 0.416 e.